The van der Waals surface area contributed by atoms with Crippen molar-refractivity contribution in [1.82, 2.24) is 15.0 Å². The number of rotatable bonds is 6. The lowest BCUT2D eigenvalue weighted by molar-refractivity contribution is -0.108. The molecule has 3 atom stereocenters. The molecule has 2 aliphatic rings. The average molecular weight is 562 g/mol. The molecule has 41 heavy (non-hydrogen) atoms. The zero-order valence-electron chi connectivity index (χ0n) is 21.7. The van der Waals surface area contributed by atoms with Gasteiger partial charge in [-0.05, 0) is 55.5 Å². The Hall–Kier alpha value is -4.60. The number of carbonyl (C=O) groups excluding carboxylic acids is 1. The van der Waals surface area contributed by atoms with Gasteiger partial charge in [-0.15, -0.1) is 0 Å². The minimum atomic E-state index is -1.50. The maximum atomic E-state index is 15.0. The van der Waals surface area contributed by atoms with Crippen LogP contribution in [0.5, 0.6) is 17.2 Å². The van der Waals surface area contributed by atoms with Crippen molar-refractivity contribution in [3.05, 3.63) is 94.9 Å². The van der Waals surface area contributed by atoms with E-state index in [9.17, 15) is 18.0 Å². The first kappa shape index (κ1) is 25.4. The number of nitrogens with zero attached hydrogens (tertiary/aromatic N) is 1. The average Bonchev–Trinajstić information content (AvgIpc) is 3.32. The van der Waals surface area contributed by atoms with Crippen LogP contribution in [0.3, 0.4) is 0 Å². The molecule has 6 nitrogen and oxygen atoms in total. The topological polar surface area (TPSA) is 80.0 Å². The van der Waals surface area contributed by atoms with Crippen molar-refractivity contribution in [2.45, 2.75) is 31.1 Å². The van der Waals surface area contributed by atoms with Gasteiger partial charge >= 0.3 is 0 Å². The minimum absolute atomic E-state index is 0.00196. The van der Waals surface area contributed by atoms with Gasteiger partial charge in [-0.25, -0.2) is 18.2 Å². The summed E-state index contributed by atoms with van der Waals surface area (Å²) in [7, 11) is 0. The molecule has 0 bridgehead atoms. The molecule has 5 aromatic rings. The third-order valence-corrected chi connectivity index (χ3v) is 8.28. The first-order chi connectivity index (χ1) is 19.8. The third-order valence-electron chi connectivity index (χ3n) is 8.28. The fourth-order valence-corrected chi connectivity index (χ4v) is 5.79. The summed E-state index contributed by atoms with van der Waals surface area (Å²) in [6.07, 6.45) is 5.33. The van der Waals surface area contributed by atoms with Gasteiger partial charge in [-0.1, -0.05) is 18.2 Å². The Morgan fingerprint density at radius 1 is 1.10 bits per heavy atom. The van der Waals surface area contributed by atoms with Gasteiger partial charge in [0.05, 0.1) is 17.7 Å². The van der Waals surface area contributed by atoms with Crippen LogP contribution in [0.2, 0.25) is 0 Å². The van der Waals surface area contributed by atoms with Crippen LogP contribution in [0.4, 0.5) is 17.6 Å². The highest BCUT2D eigenvalue weighted by Gasteiger charge is 2.44. The van der Waals surface area contributed by atoms with Gasteiger partial charge in [0, 0.05) is 40.4 Å². The molecule has 3 aromatic carbocycles. The van der Waals surface area contributed by atoms with Crippen molar-refractivity contribution in [2.24, 2.45) is 5.92 Å². The highest BCUT2D eigenvalue weighted by atomic mass is 19.2. The van der Waals surface area contributed by atoms with Crippen LogP contribution in [0.1, 0.15) is 42.5 Å². The van der Waals surface area contributed by atoms with E-state index in [0.717, 1.165) is 41.3 Å². The Morgan fingerprint density at radius 3 is 2.76 bits per heavy atom. The number of imidazole rings is 1. The van der Waals surface area contributed by atoms with Gasteiger partial charge in [-0.3, -0.25) is 0 Å². The van der Waals surface area contributed by atoms with Crippen LogP contribution in [-0.4, -0.2) is 27.8 Å². The van der Waals surface area contributed by atoms with E-state index in [1.807, 2.05) is 25.1 Å². The molecule has 3 heterocycles. The van der Waals surface area contributed by atoms with Crippen molar-refractivity contribution >= 4 is 17.2 Å². The quantitative estimate of drug-likeness (QED) is 0.130. The SMILES string of the molecule is C[C@]1(c2cnc(-c3cc(Oc4c(F)c(F)c5[nH]ccc5c4F)ccc3F)[nH]2)CCOc2c(C3CC3C=O)cccc21. The summed E-state index contributed by atoms with van der Waals surface area (Å²) in [5.41, 5.74) is 1.83. The van der Waals surface area contributed by atoms with Crippen LogP contribution in [0.25, 0.3) is 22.3 Å². The van der Waals surface area contributed by atoms with E-state index >= 15 is 4.39 Å². The third kappa shape index (κ3) is 3.92. The van der Waals surface area contributed by atoms with E-state index in [0.29, 0.717) is 13.0 Å². The smallest absolute Gasteiger partial charge is 0.206 e. The number of benzene rings is 3. The number of carbonyl (C=O) groups is 1. The monoisotopic (exact) mass is 561 g/mol. The summed E-state index contributed by atoms with van der Waals surface area (Å²) >= 11 is 0. The minimum Gasteiger partial charge on any atom is -0.493 e. The summed E-state index contributed by atoms with van der Waals surface area (Å²) in [6, 6.07) is 10.7. The normalized spacial score (nSPS) is 21.4. The second-order valence-corrected chi connectivity index (χ2v) is 10.7. The van der Waals surface area contributed by atoms with E-state index in [1.165, 1.54) is 24.4 Å². The zero-order chi connectivity index (χ0) is 28.5. The number of halogens is 4. The lowest BCUT2D eigenvalue weighted by atomic mass is 9.74. The van der Waals surface area contributed by atoms with Crippen molar-refractivity contribution < 1.29 is 31.8 Å². The predicted octanol–water partition coefficient (Wildman–Crippen LogP) is 7.30. The molecule has 0 amide bonds. The number of aromatic nitrogens is 3. The summed E-state index contributed by atoms with van der Waals surface area (Å²) < 4.78 is 70.6. The first-order valence-electron chi connectivity index (χ1n) is 13.2. The van der Waals surface area contributed by atoms with Gasteiger partial charge < -0.3 is 24.2 Å². The van der Waals surface area contributed by atoms with Crippen molar-refractivity contribution in [2.75, 3.05) is 6.61 Å². The molecule has 0 spiro atoms. The highest BCUT2D eigenvalue weighted by Crippen LogP contribution is 2.53. The summed E-state index contributed by atoms with van der Waals surface area (Å²) in [4.78, 5) is 21.4. The van der Waals surface area contributed by atoms with E-state index in [4.69, 9.17) is 9.47 Å². The maximum Gasteiger partial charge on any atom is 0.206 e. The molecule has 0 radical (unpaired) electrons. The standard InChI is InChI=1S/C31H23F4N3O3/c1-31(8-10-40-28-17(3-2-4-21(28)31)19-11-15(19)14-39)23-13-37-30(38-23)20-12-16(5-6-22(20)32)41-29-24(33)18-7-9-36-27(18)25(34)26(29)35/h2-7,9,12-15,19,36H,8,10-11H2,1H3,(H,37,38)/t15?,19?,31-/m0/s1. The second-order valence-electron chi connectivity index (χ2n) is 10.7. The van der Waals surface area contributed by atoms with Crippen molar-refractivity contribution in [1.29, 1.82) is 0 Å². The molecular formula is C31H23F4N3O3. The Labute approximate surface area is 231 Å². The molecule has 1 saturated carbocycles. The Morgan fingerprint density at radius 2 is 1.95 bits per heavy atom. The fourth-order valence-electron chi connectivity index (χ4n) is 5.79. The largest absolute Gasteiger partial charge is 0.493 e. The molecule has 0 saturated heterocycles. The van der Waals surface area contributed by atoms with E-state index in [-0.39, 0.29) is 39.9 Å². The number of H-pyrrole nitrogens is 2. The van der Waals surface area contributed by atoms with Crippen LogP contribution < -0.4 is 9.47 Å². The Kier molecular flexibility index (Phi) is 5.71. The van der Waals surface area contributed by atoms with Gasteiger partial charge in [0.25, 0.3) is 0 Å². The van der Waals surface area contributed by atoms with Crippen molar-refractivity contribution in [3.63, 3.8) is 0 Å². The Balaban J connectivity index is 1.23. The van der Waals surface area contributed by atoms with Gasteiger partial charge in [0.1, 0.15) is 29.4 Å². The van der Waals surface area contributed by atoms with E-state index < -0.39 is 34.4 Å². The van der Waals surface area contributed by atoms with Gasteiger partial charge in [0.2, 0.25) is 11.6 Å². The molecular weight excluding hydrogens is 538 g/mol. The number of ether oxygens (including phenoxy) is 2. The molecule has 1 fully saturated rings. The van der Waals surface area contributed by atoms with Gasteiger partial charge in [0.15, 0.2) is 11.6 Å². The maximum absolute atomic E-state index is 15.0. The summed E-state index contributed by atoms with van der Waals surface area (Å²) in [6.45, 7) is 2.50. The first-order valence-corrected chi connectivity index (χ1v) is 13.2. The number of para-hydroxylation sites is 1. The predicted molar refractivity (Wildman–Crippen MR) is 142 cm³/mol. The lowest BCUT2D eigenvalue weighted by Crippen LogP contribution is -2.32. The number of nitrogens with one attached hydrogen (secondary N) is 2. The van der Waals surface area contributed by atoms with Gasteiger partial charge in [-0.2, -0.15) is 4.39 Å². The van der Waals surface area contributed by atoms with Crippen LogP contribution >= 0.6 is 0 Å². The molecule has 1 aliphatic heterocycles. The van der Waals surface area contributed by atoms with Crippen molar-refractivity contribution in [3.8, 4) is 28.6 Å². The lowest BCUT2D eigenvalue weighted by Gasteiger charge is -2.36. The number of aromatic amines is 2. The molecule has 10 heteroatoms. The second kappa shape index (κ2) is 9.22. The fraction of sp³-hybridized carbons (Fsp3) is 0.226. The molecule has 7 rings (SSSR count). The Bertz CT molecular complexity index is 1850. The zero-order valence-corrected chi connectivity index (χ0v) is 21.7. The number of hydrogen-bond acceptors (Lipinski definition) is 4. The van der Waals surface area contributed by atoms with E-state index in [2.05, 4.69) is 15.0 Å². The molecule has 1 aliphatic carbocycles. The summed E-state index contributed by atoms with van der Waals surface area (Å²) in [5.74, 6) is -4.44. The molecule has 2 aromatic heterocycles. The highest BCUT2D eigenvalue weighted by molar-refractivity contribution is 5.82. The number of fused-ring (bicyclic) bond motifs is 2. The number of aldehydes is 1. The molecule has 2 unspecified atom stereocenters. The van der Waals surface area contributed by atoms with E-state index in [1.54, 1.807) is 6.20 Å². The van der Waals surface area contributed by atoms with Crippen LogP contribution in [0.15, 0.2) is 54.9 Å². The van der Waals surface area contributed by atoms with Crippen LogP contribution in [-0.2, 0) is 10.2 Å². The van der Waals surface area contributed by atoms with Crippen LogP contribution in [0, 0.1) is 29.2 Å². The molecule has 208 valence electrons. The molecule has 2 N–H and O–H groups in total. The summed E-state index contributed by atoms with van der Waals surface area (Å²) in [5, 5.41) is -0.173. The number of hydrogen-bond donors (Lipinski definition) is 2.